The molecule has 1 saturated carbocycles. The van der Waals surface area contributed by atoms with E-state index in [1.165, 1.54) is 24.8 Å². The van der Waals surface area contributed by atoms with Crippen LogP contribution in [0.3, 0.4) is 0 Å². The topological polar surface area (TPSA) is 32.8 Å². The van der Waals surface area contributed by atoms with E-state index in [0.29, 0.717) is 11.8 Å². The van der Waals surface area contributed by atoms with Crippen molar-refractivity contribution in [2.75, 3.05) is 39.8 Å². The second kappa shape index (κ2) is 8.52. The SMILES string of the molecule is COc1ccccc1CCN1CCN(C(=O)C2CCCCC2)CC1. The smallest absolute Gasteiger partial charge is 0.225 e. The van der Waals surface area contributed by atoms with Gasteiger partial charge in [-0.15, -0.1) is 0 Å². The molecule has 0 unspecified atom stereocenters. The van der Waals surface area contributed by atoms with Gasteiger partial charge in [0.15, 0.2) is 0 Å². The van der Waals surface area contributed by atoms with Crippen molar-refractivity contribution in [1.29, 1.82) is 0 Å². The zero-order chi connectivity index (χ0) is 16.8. The van der Waals surface area contributed by atoms with Gasteiger partial charge in [-0.3, -0.25) is 9.69 Å². The zero-order valence-corrected chi connectivity index (χ0v) is 14.9. The van der Waals surface area contributed by atoms with Crippen LogP contribution in [0.5, 0.6) is 5.75 Å². The van der Waals surface area contributed by atoms with Crippen molar-refractivity contribution in [2.24, 2.45) is 5.92 Å². The summed E-state index contributed by atoms with van der Waals surface area (Å²) >= 11 is 0. The number of rotatable bonds is 5. The minimum atomic E-state index is 0.305. The van der Waals surface area contributed by atoms with E-state index in [9.17, 15) is 4.79 Å². The molecule has 0 atom stereocenters. The lowest BCUT2D eigenvalue weighted by Gasteiger charge is -2.37. The van der Waals surface area contributed by atoms with Crippen molar-refractivity contribution in [3.63, 3.8) is 0 Å². The average molecular weight is 330 g/mol. The van der Waals surface area contributed by atoms with E-state index in [4.69, 9.17) is 4.74 Å². The van der Waals surface area contributed by atoms with E-state index in [1.54, 1.807) is 7.11 Å². The van der Waals surface area contributed by atoms with Gasteiger partial charge in [0.25, 0.3) is 0 Å². The molecular formula is C20H30N2O2. The molecule has 0 spiro atoms. The van der Waals surface area contributed by atoms with Gasteiger partial charge in [0.05, 0.1) is 7.11 Å². The number of benzene rings is 1. The van der Waals surface area contributed by atoms with Crippen molar-refractivity contribution < 1.29 is 9.53 Å². The fraction of sp³-hybridized carbons (Fsp3) is 0.650. The lowest BCUT2D eigenvalue weighted by Crippen LogP contribution is -2.50. The Morgan fingerprint density at radius 3 is 2.50 bits per heavy atom. The molecule has 1 aliphatic carbocycles. The summed E-state index contributed by atoms with van der Waals surface area (Å²) in [6, 6.07) is 8.24. The third-order valence-electron chi connectivity index (χ3n) is 5.53. The van der Waals surface area contributed by atoms with Gasteiger partial charge < -0.3 is 9.64 Å². The highest BCUT2D eigenvalue weighted by Gasteiger charge is 2.28. The molecule has 2 fully saturated rings. The lowest BCUT2D eigenvalue weighted by molar-refractivity contribution is -0.138. The Labute approximate surface area is 145 Å². The van der Waals surface area contributed by atoms with Gasteiger partial charge in [0.1, 0.15) is 5.75 Å². The van der Waals surface area contributed by atoms with Crippen LogP contribution in [0.25, 0.3) is 0 Å². The molecule has 1 heterocycles. The van der Waals surface area contributed by atoms with Gasteiger partial charge in [-0.05, 0) is 30.9 Å². The molecule has 4 heteroatoms. The second-order valence-corrected chi connectivity index (χ2v) is 7.06. The first-order chi connectivity index (χ1) is 11.8. The van der Waals surface area contributed by atoms with Crippen molar-refractivity contribution in [2.45, 2.75) is 38.5 Å². The van der Waals surface area contributed by atoms with Crippen LogP contribution in [-0.2, 0) is 11.2 Å². The summed E-state index contributed by atoms with van der Waals surface area (Å²) in [4.78, 5) is 17.2. The number of piperazine rings is 1. The first kappa shape index (κ1) is 17.3. The predicted octanol–water partition coefficient (Wildman–Crippen LogP) is 2.96. The second-order valence-electron chi connectivity index (χ2n) is 7.06. The Balaban J connectivity index is 1.44. The third-order valence-corrected chi connectivity index (χ3v) is 5.53. The molecule has 0 aromatic heterocycles. The van der Waals surface area contributed by atoms with Crippen molar-refractivity contribution >= 4 is 5.91 Å². The largest absolute Gasteiger partial charge is 0.496 e. The molecule has 24 heavy (non-hydrogen) atoms. The van der Waals surface area contributed by atoms with Crippen LogP contribution in [0, 0.1) is 5.92 Å². The van der Waals surface area contributed by atoms with Gasteiger partial charge >= 0.3 is 0 Å². The summed E-state index contributed by atoms with van der Waals surface area (Å²) < 4.78 is 5.43. The molecule has 0 bridgehead atoms. The fourth-order valence-corrected chi connectivity index (χ4v) is 3.99. The number of ether oxygens (including phenoxy) is 1. The number of nitrogens with zero attached hydrogens (tertiary/aromatic N) is 2. The average Bonchev–Trinajstić information content (AvgIpc) is 2.67. The Morgan fingerprint density at radius 1 is 1.08 bits per heavy atom. The van der Waals surface area contributed by atoms with E-state index in [2.05, 4.69) is 21.9 Å². The Morgan fingerprint density at radius 2 is 1.79 bits per heavy atom. The summed E-state index contributed by atoms with van der Waals surface area (Å²) in [7, 11) is 1.73. The highest BCUT2D eigenvalue weighted by molar-refractivity contribution is 5.79. The molecule has 0 N–H and O–H groups in total. The molecule has 1 amide bonds. The number of methoxy groups -OCH3 is 1. The molecule has 4 nitrogen and oxygen atoms in total. The molecule has 1 aromatic rings. The van der Waals surface area contributed by atoms with Crippen LogP contribution < -0.4 is 4.74 Å². The van der Waals surface area contributed by atoms with Crippen LogP contribution >= 0.6 is 0 Å². The zero-order valence-electron chi connectivity index (χ0n) is 14.9. The van der Waals surface area contributed by atoms with E-state index in [0.717, 1.165) is 57.7 Å². The van der Waals surface area contributed by atoms with Gasteiger partial charge in [-0.25, -0.2) is 0 Å². The fourth-order valence-electron chi connectivity index (χ4n) is 3.99. The van der Waals surface area contributed by atoms with Gasteiger partial charge in [-0.2, -0.15) is 0 Å². The predicted molar refractivity (Wildman–Crippen MR) is 96.3 cm³/mol. The number of carbonyl (C=O) groups excluding carboxylic acids is 1. The normalized spacial score (nSPS) is 20.1. The first-order valence-electron chi connectivity index (χ1n) is 9.41. The maximum atomic E-state index is 12.6. The molecule has 1 aromatic carbocycles. The van der Waals surface area contributed by atoms with Crippen molar-refractivity contribution in [3.8, 4) is 5.75 Å². The molecule has 1 saturated heterocycles. The maximum Gasteiger partial charge on any atom is 0.225 e. The number of amides is 1. The summed E-state index contributed by atoms with van der Waals surface area (Å²) in [5.74, 6) is 1.70. The quantitative estimate of drug-likeness (QED) is 0.832. The van der Waals surface area contributed by atoms with Crippen LogP contribution in [0.15, 0.2) is 24.3 Å². The van der Waals surface area contributed by atoms with Crippen LogP contribution in [0.2, 0.25) is 0 Å². The molecule has 1 aliphatic heterocycles. The molecule has 132 valence electrons. The molecule has 2 aliphatic rings. The van der Waals surface area contributed by atoms with Crippen LogP contribution in [0.1, 0.15) is 37.7 Å². The minimum Gasteiger partial charge on any atom is -0.496 e. The summed E-state index contributed by atoms with van der Waals surface area (Å²) in [6.45, 7) is 4.80. The van der Waals surface area contributed by atoms with Crippen LogP contribution in [0.4, 0.5) is 0 Å². The molecular weight excluding hydrogens is 300 g/mol. The van der Waals surface area contributed by atoms with Crippen molar-refractivity contribution in [1.82, 2.24) is 9.80 Å². The summed E-state index contributed by atoms with van der Waals surface area (Å²) in [5.41, 5.74) is 1.26. The van der Waals surface area contributed by atoms with E-state index < -0.39 is 0 Å². The third kappa shape index (κ3) is 4.29. The Hall–Kier alpha value is -1.55. The Bertz CT molecular complexity index is 532. The van der Waals surface area contributed by atoms with E-state index in [1.807, 2.05) is 12.1 Å². The molecule has 3 rings (SSSR count). The Kier molecular flexibility index (Phi) is 6.13. The highest BCUT2D eigenvalue weighted by atomic mass is 16.5. The summed E-state index contributed by atoms with van der Waals surface area (Å²) in [6.07, 6.45) is 6.98. The maximum absolute atomic E-state index is 12.6. The summed E-state index contributed by atoms with van der Waals surface area (Å²) in [5, 5.41) is 0. The van der Waals surface area contributed by atoms with Crippen molar-refractivity contribution in [3.05, 3.63) is 29.8 Å². The number of hydrogen-bond donors (Lipinski definition) is 0. The number of para-hydroxylation sites is 1. The minimum absolute atomic E-state index is 0.305. The monoisotopic (exact) mass is 330 g/mol. The van der Waals surface area contributed by atoms with E-state index >= 15 is 0 Å². The number of carbonyl (C=O) groups is 1. The van der Waals surface area contributed by atoms with Crippen LogP contribution in [-0.4, -0.2) is 55.5 Å². The van der Waals surface area contributed by atoms with Gasteiger partial charge in [-0.1, -0.05) is 37.5 Å². The first-order valence-corrected chi connectivity index (χ1v) is 9.41. The van der Waals surface area contributed by atoms with E-state index in [-0.39, 0.29) is 0 Å². The standard InChI is InChI=1S/C20H30N2O2/c1-24-19-10-6-5-7-17(19)11-12-21-13-15-22(16-14-21)20(23)18-8-3-2-4-9-18/h5-7,10,18H,2-4,8-9,11-16H2,1H3. The number of hydrogen-bond acceptors (Lipinski definition) is 3. The van der Waals surface area contributed by atoms with Gasteiger partial charge in [0, 0.05) is 38.6 Å². The lowest BCUT2D eigenvalue weighted by atomic mass is 9.88. The van der Waals surface area contributed by atoms with Gasteiger partial charge in [0.2, 0.25) is 5.91 Å². The highest BCUT2D eigenvalue weighted by Crippen LogP contribution is 2.26. The molecule has 0 radical (unpaired) electrons.